The molecule has 0 aliphatic rings. The van der Waals surface area contributed by atoms with Crippen LogP contribution in [0.4, 0.5) is 10.1 Å². The van der Waals surface area contributed by atoms with Crippen molar-refractivity contribution in [2.45, 2.75) is 13.0 Å². The molecule has 0 aliphatic heterocycles. The molecule has 9 heteroatoms. The molecular formula is C24H20FN5O3. The molecule has 1 aromatic heterocycles. The van der Waals surface area contributed by atoms with Gasteiger partial charge in [-0.25, -0.2) is 9.07 Å². The van der Waals surface area contributed by atoms with E-state index >= 15 is 0 Å². The average molecular weight is 445 g/mol. The minimum Gasteiger partial charge on any atom is -0.329 e. The standard InChI is InChI=1S/C24H20FN5O3/c1-16-22(26-27-29(16)20-9-6-10-21(15-20)30(32)33)24(31)28(2)23(17-7-4-3-5-8-17)18-11-13-19(25)14-12-18/h3-15,23H,1-2H3. The monoisotopic (exact) mass is 445 g/mol. The van der Waals surface area contributed by atoms with Gasteiger partial charge in [0, 0.05) is 19.2 Å². The Bertz CT molecular complexity index is 1310. The fourth-order valence-corrected chi connectivity index (χ4v) is 3.71. The van der Waals surface area contributed by atoms with Crippen molar-refractivity contribution in [1.82, 2.24) is 19.9 Å². The summed E-state index contributed by atoms with van der Waals surface area (Å²) in [6.45, 7) is 1.68. The van der Waals surface area contributed by atoms with Crippen LogP contribution in [-0.2, 0) is 0 Å². The molecule has 1 atom stereocenters. The number of aromatic nitrogens is 3. The summed E-state index contributed by atoms with van der Waals surface area (Å²) in [6.07, 6.45) is 0. The zero-order valence-electron chi connectivity index (χ0n) is 17.9. The van der Waals surface area contributed by atoms with Gasteiger partial charge in [0.05, 0.1) is 22.3 Å². The zero-order valence-corrected chi connectivity index (χ0v) is 17.9. The van der Waals surface area contributed by atoms with Crippen LogP contribution in [0.5, 0.6) is 0 Å². The Kier molecular flexibility index (Phi) is 5.95. The minimum absolute atomic E-state index is 0.0900. The number of nitro benzene ring substituents is 1. The Balaban J connectivity index is 1.71. The summed E-state index contributed by atoms with van der Waals surface area (Å²) >= 11 is 0. The topological polar surface area (TPSA) is 94.2 Å². The lowest BCUT2D eigenvalue weighted by Gasteiger charge is -2.28. The van der Waals surface area contributed by atoms with E-state index in [0.29, 0.717) is 11.4 Å². The lowest BCUT2D eigenvalue weighted by Crippen LogP contribution is -2.32. The predicted octanol–water partition coefficient (Wildman–Crippen LogP) is 4.48. The Morgan fingerprint density at radius 3 is 2.36 bits per heavy atom. The van der Waals surface area contributed by atoms with E-state index in [-0.39, 0.29) is 23.1 Å². The van der Waals surface area contributed by atoms with Gasteiger partial charge in [0.15, 0.2) is 5.69 Å². The summed E-state index contributed by atoms with van der Waals surface area (Å²) in [6, 6.07) is 20.8. The van der Waals surface area contributed by atoms with Crippen molar-refractivity contribution in [1.29, 1.82) is 0 Å². The second kappa shape index (κ2) is 8.99. The van der Waals surface area contributed by atoms with Crippen LogP contribution in [0.3, 0.4) is 0 Å². The number of carbonyl (C=O) groups is 1. The van der Waals surface area contributed by atoms with Crippen LogP contribution in [0.2, 0.25) is 0 Å². The molecule has 0 radical (unpaired) electrons. The number of hydrogen-bond donors (Lipinski definition) is 0. The maximum Gasteiger partial charge on any atom is 0.276 e. The summed E-state index contributed by atoms with van der Waals surface area (Å²) in [5, 5.41) is 19.2. The van der Waals surface area contributed by atoms with Crippen molar-refractivity contribution in [3.63, 3.8) is 0 Å². The van der Waals surface area contributed by atoms with Crippen molar-refractivity contribution in [2.24, 2.45) is 0 Å². The van der Waals surface area contributed by atoms with Crippen LogP contribution in [-0.4, -0.2) is 37.8 Å². The molecule has 0 spiro atoms. The molecule has 0 bridgehead atoms. The Morgan fingerprint density at radius 2 is 1.70 bits per heavy atom. The smallest absolute Gasteiger partial charge is 0.276 e. The molecule has 1 amide bonds. The van der Waals surface area contributed by atoms with Gasteiger partial charge in [-0.2, -0.15) is 0 Å². The molecule has 33 heavy (non-hydrogen) atoms. The van der Waals surface area contributed by atoms with Crippen LogP contribution in [0, 0.1) is 22.9 Å². The largest absolute Gasteiger partial charge is 0.329 e. The van der Waals surface area contributed by atoms with E-state index in [4.69, 9.17) is 0 Å². The summed E-state index contributed by atoms with van der Waals surface area (Å²) in [4.78, 5) is 25.6. The van der Waals surface area contributed by atoms with Gasteiger partial charge in [0.1, 0.15) is 5.82 Å². The zero-order chi connectivity index (χ0) is 23.5. The SMILES string of the molecule is Cc1c(C(=O)N(C)C(c2ccccc2)c2ccc(F)cc2)nnn1-c1cccc([N+](=O)[O-])c1. The number of nitro groups is 1. The van der Waals surface area contributed by atoms with Crippen LogP contribution in [0.1, 0.15) is 33.4 Å². The highest BCUT2D eigenvalue weighted by atomic mass is 19.1. The molecule has 4 aromatic rings. The second-order valence-electron chi connectivity index (χ2n) is 7.49. The van der Waals surface area contributed by atoms with E-state index in [1.807, 2.05) is 30.3 Å². The summed E-state index contributed by atoms with van der Waals surface area (Å²) in [5.74, 6) is -0.752. The van der Waals surface area contributed by atoms with Crippen molar-refractivity contribution >= 4 is 11.6 Å². The number of halogens is 1. The highest BCUT2D eigenvalue weighted by Gasteiger charge is 2.28. The molecule has 166 valence electrons. The first-order valence-corrected chi connectivity index (χ1v) is 10.1. The van der Waals surface area contributed by atoms with E-state index < -0.39 is 11.0 Å². The maximum atomic E-state index is 13.5. The normalized spacial score (nSPS) is 11.7. The number of nitrogens with zero attached hydrogens (tertiary/aromatic N) is 5. The molecule has 4 rings (SSSR count). The minimum atomic E-state index is -0.497. The van der Waals surface area contributed by atoms with E-state index in [1.54, 1.807) is 38.2 Å². The lowest BCUT2D eigenvalue weighted by molar-refractivity contribution is -0.384. The van der Waals surface area contributed by atoms with Gasteiger partial charge in [-0.3, -0.25) is 14.9 Å². The fourth-order valence-electron chi connectivity index (χ4n) is 3.71. The quantitative estimate of drug-likeness (QED) is 0.322. The van der Waals surface area contributed by atoms with Crippen LogP contribution in [0.25, 0.3) is 5.69 Å². The molecule has 1 heterocycles. The number of carbonyl (C=O) groups excluding carboxylic acids is 1. The average Bonchev–Trinajstić information content (AvgIpc) is 3.22. The van der Waals surface area contributed by atoms with Crippen molar-refractivity contribution in [3.05, 3.63) is 117 Å². The first-order valence-electron chi connectivity index (χ1n) is 10.1. The van der Waals surface area contributed by atoms with Gasteiger partial charge in [-0.15, -0.1) is 5.10 Å². The van der Waals surface area contributed by atoms with Gasteiger partial charge in [0.2, 0.25) is 0 Å². The number of amides is 1. The molecule has 1 unspecified atom stereocenters. The Morgan fingerprint density at radius 1 is 1.03 bits per heavy atom. The predicted molar refractivity (Wildman–Crippen MR) is 120 cm³/mol. The summed E-state index contributed by atoms with van der Waals surface area (Å²) in [5.41, 5.74) is 2.48. The van der Waals surface area contributed by atoms with Crippen molar-refractivity contribution in [2.75, 3.05) is 7.05 Å². The van der Waals surface area contributed by atoms with Gasteiger partial charge in [0.25, 0.3) is 11.6 Å². The molecule has 0 N–H and O–H groups in total. The fraction of sp³-hybridized carbons (Fsp3) is 0.125. The first kappa shape index (κ1) is 21.8. The third-order valence-corrected chi connectivity index (χ3v) is 5.39. The second-order valence-corrected chi connectivity index (χ2v) is 7.49. The van der Waals surface area contributed by atoms with Crippen molar-refractivity contribution in [3.8, 4) is 5.69 Å². The van der Waals surface area contributed by atoms with Crippen LogP contribution in [0.15, 0.2) is 78.9 Å². The number of hydrogen-bond acceptors (Lipinski definition) is 5. The van der Waals surface area contributed by atoms with Crippen LogP contribution >= 0.6 is 0 Å². The Labute approximate surface area is 189 Å². The van der Waals surface area contributed by atoms with Crippen LogP contribution < -0.4 is 0 Å². The van der Waals surface area contributed by atoms with E-state index in [1.165, 1.54) is 33.8 Å². The number of non-ortho nitro benzene ring substituents is 1. The van der Waals surface area contributed by atoms with Gasteiger partial charge < -0.3 is 4.90 Å². The molecule has 0 aliphatic carbocycles. The lowest BCUT2D eigenvalue weighted by atomic mass is 9.97. The highest BCUT2D eigenvalue weighted by molar-refractivity contribution is 5.93. The highest BCUT2D eigenvalue weighted by Crippen LogP contribution is 2.29. The van der Waals surface area contributed by atoms with Gasteiger partial charge in [-0.05, 0) is 36.2 Å². The molecular weight excluding hydrogens is 425 g/mol. The third-order valence-electron chi connectivity index (χ3n) is 5.39. The Hall–Kier alpha value is -4.40. The maximum absolute atomic E-state index is 13.5. The first-order chi connectivity index (χ1) is 15.9. The van der Waals surface area contributed by atoms with E-state index in [0.717, 1.165) is 11.1 Å². The van der Waals surface area contributed by atoms with Crippen molar-refractivity contribution < 1.29 is 14.1 Å². The van der Waals surface area contributed by atoms with E-state index in [2.05, 4.69) is 10.3 Å². The summed E-state index contributed by atoms with van der Waals surface area (Å²) < 4.78 is 14.9. The van der Waals surface area contributed by atoms with E-state index in [9.17, 15) is 19.3 Å². The third kappa shape index (κ3) is 4.33. The molecule has 8 nitrogen and oxygen atoms in total. The molecule has 0 fully saturated rings. The number of rotatable bonds is 6. The number of benzene rings is 3. The van der Waals surface area contributed by atoms with Gasteiger partial charge >= 0.3 is 0 Å². The molecule has 0 saturated heterocycles. The summed E-state index contributed by atoms with van der Waals surface area (Å²) in [7, 11) is 1.65. The molecule has 3 aromatic carbocycles. The van der Waals surface area contributed by atoms with Gasteiger partial charge in [-0.1, -0.05) is 53.7 Å². The molecule has 0 saturated carbocycles.